The molecule has 0 radical (unpaired) electrons. The minimum atomic E-state index is -0.292. The Morgan fingerprint density at radius 1 is 1.00 bits per heavy atom. The van der Waals surface area contributed by atoms with Crippen LogP contribution in [0.1, 0.15) is 10.5 Å². The number of amides is 1. The number of anilines is 1. The molecule has 23 heavy (non-hydrogen) atoms. The summed E-state index contributed by atoms with van der Waals surface area (Å²) in [7, 11) is 3.12. The number of fused-ring (bicyclic) bond motifs is 1. The minimum absolute atomic E-state index is 0.292. The van der Waals surface area contributed by atoms with Crippen molar-refractivity contribution in [3.05, 3.63) is 60.3 Å². The van der Waals surface area contributed by atoms with E-state index < -0.39 is 0 Å². The predicted octanol–water partition coefficient (Wildman–Crippen LogP) is 3.50. The highest BCUT2D eigenvalue weighted by atomic mass is 16.5. The lowest BCUT2D eigenvalue weighted by Crippen LogP contribution is -2.14. The predicted molar refractivity (Wildman–Crippen MR) is 89.2 cm³/mol. The summed E-state index contributed by atoms with van der Waals surface area (Å²) in [5, 5.41) is 3.80. The molecular formula is C18H16N2O3. The molecule has 0 atom stereocenters. The number of hydrogen-bond acceptors (Lipinski definition) is 4. The first kappa shape index (κ1) is 14.8. The van der Waals surface area contributed by atoms with Crippen LogP contribution >= 0.6 is 0 Å². The van der Waals surface area contributed by atoms with E-state index in [1.165, 1.54) is 0 Å². The summed E-state index contributed by atoms with van der Waals surface area (Å²) in [6, 6.07) is 16.4. The van der Waals surface area contributed by atoms with Gasteiger partial charge in [0.2, 0.25) is 0 Å². The molecule has 3 aromatic rings. The van der Waals surface area contributed by atoms with E-state index in [0.29, 0.717) is 22.9 Å². The largest absolute Gasteiger partial charge is 0.497 e. The van der Waals surface area contributed by atoms with Gasteiger partial charge < -0.3 is 14.8 Å². The van der Waals surface area contributed by atoms with E-state index in [1.807, 2.05) is 30.3 Å². The summed E-state index contributed by atoms with van der Waals surface area (Å²) >= 11 is 0. The Hall–Kier alpha value is -3.08. The zero-order chi connectivity index (χ0) is 16.2. The molecular weight excluding hydrogens is 292 g/mol. The second kappa shape index (κ2) is 6.36. The number of benzene rings is 2. The number of hydrogen-bond donors (Lipinski definition) is 1. The molecule has 2 aromatic carbocycles. The summed E-state index contributed by atoms with van der Waals surface area (Å²) in [5.74, 6) is 0.890. The number of carbonyl (C=O) groups excluding carboxylic acids is 1. The second-order valence-electron chi connectivity index (χ2n) is 4.91. The third-order valence-corrected chi connectivity index (χ3v) is 3.49. The molecule has 5 heteroatoms. The van der Waals surface area contributed by atoms with E-state index in [2.05, 4.69) is 10.3 Å². The standard InChI is InChI=1S/C18H16N2O3/c1-22-13-8-10-15(17(11-13)23-2)20-18(21)16-9-7-12-5-3-4-6-14(12)19-16/h3-11H,1-2H3,(H,20,21). The summed E-state index contributed by atoms with van der Waals surface area (Å²) in [4.78, 5) is 16.8. The van der Waals surface area contributed by atoms with Crippen molar-refractivity contribution in [3.63, 3.8) is 0 Å². The van der Waals surface area contributed by atoms with Gasteiger partial charge >= 0.3 is 0 Å². The number of rotatable bonds is 4. The highest BCUT2D eigenvalue weighted by Gasteiger charge is 2.12. The Morgan fingerprint density at radius 3 is 2.61 bits per heavy atom. The molecule has 0 aliphatic rings. The molecule has 5 nitrogen and oxygen atoms in total. The van der Waals surface area contributed by atoms with Crippen molar-refractivity contribution in [2.24, 2.45) is 0 Å². The first-order chi connectivity index (χ1) is 11.2. The monoisotopic (exact) mass is 308 g/mol. The smallest absolute Gasteiger partial charge is 0.274 e. The zero-order valence-electron chi connectivity index (χ0n) is 12.9. The third kappa shape index (κ3) is 3.08. The molecule has 0 saturated heterocycles. The van der Waals surface area contributed by atoms with Gasteiger partial charge in [0.05, 0.1) is 25.4 Å². The Bertz CT molecular complexity index is 862. The van der Waals surface area contributed by atoms with Crippen LogP contribution in [-0.4, -0.2) is 25.1 Å². The van der Waals surface area contributed by atoms with Crippen LogP contribution in [0.4, 0.5) is 5.69 Å². The van der Waals surface area contributed by atoms with Gasteiger partial charge in [0.1, 0.15) is 17.2 Å². The number of methoxy groups -OCH3 is 2. The van der Waals surface area contributed by atoms with Crippen LogP contribution in [0.3, 0.4) is 0 Å². The molecule has 0 aliphatic heterocycles. The van der Waals surface area contributed by atoms with Crippen LogP contribution in [-0.2, 0) is 0 Å². The number of aromatic nitrogens is 1. The highest BCUT2D eigenvalue weighted by Crippen LogP contribution is 2.29. The molecule has 1 N–H and O–H groups in total. The van der Waals surface area contributed by atoms with E-state index in [4.69, 9.17) is 9.47 Å². The van der Waals surface area contributed by atoms with Gasteiger partial charge in [-0.15, -0.1) is 0 Å². The fourth-order valence-corrected chi connectivity index (χ4v) is 2.28. The quantitative estimate of drug-likeness (QED) is 0.801. The van der Waals surface area contributed by atoms with E-state index in [9.17, 15) is 4.79 Å². The van der Waals surface area contributed by atoms with Crippen molar-refractivity contribution in [2.45, 2.75) is 0 Å². The fourth-order valence-electron chi connectivity index (χ4n) is 2.28. The van der Waals surface area contributed by atoms with E-state index >= 15 is 0 Å². The molecule has 0 aliphatic carbocycles. The number of para-hydroxylation sites is 1. The maximum atomic E-state index is 12.4. The Kier molecular flexibility index (Phi) is 4.10. The maximum Gasteiger partial charge on any atom is 0.274 e. The number of nitrogens with zero attached hydrogens (tertiary/aromatic N) is 1. The summed E-state index contributed by atoms with van der Waals surface area (Å²) in [6.45, 7) is 0. The van der Waals surface area contributed by atoms with Crippen molar-refractivity contribution in [1.29, 1.82) is 0 Å². The van der Waals surface area contributed by atoms with Crippen molar-refractivity contribution in [3.8, 4) is 11.5 Å². The molecule has 0 unspecified atom stereocenters. The van der Waals surface area contributed by atoms with Crippen molar-refractivity contribution < 1.29 is 14.3 Å². The molecule has 3 rings (SSSR count). The van der Waals surface area contributed by atoms with Gasteiger partial charge in [0, 0.05) is 11.5 Å². The summed E-state index contributed by atoms with van der Waals surface area (Å²) < 4.78 is 10.4. The number of nitrogens with one attached hydrogen (secondary N) is 1. The summed E-state index contributed by atoms with van der Waals surface area (Å²) in [5.41, 5.74) is 1.69. The molecule has 1 amide bonds. The van der Waals surface area contributed by atoms with Gasteiger partial charge in [0.25, 0.3) is 5.91 Å². The van der Waals surface area contributed by atoms with Gasteiger partial charge in [-0.2, -0.15) is 0 Å². The molecule has 1 aromatic heterocycles. The molecule has 0 fully saturated rings. The van der Waals surface area contributed by atoms with Crippen LogP contribution in [0.2, 0.25) is 0 Å². The topological polar surface area (TPSA) is 60.5 Å². The van der Waals surface area contributed by atoms with Crippen LogP contribution in [0.15, 0.2) is 54.6 Å². The van der Waals surface area contributed by atoms with Crippen molar-refractivity contribution >= 4 is 22.5 Å². The molecule has 0 spiro atoms. The first-order valence-corrected chi connectivity index (χ1v) is 7.10. The number of pyridine rings is 1. The van der Waals surface area contributed by atoms with Crippen LogP contribution in [0.5, 0.6) is 11.5 Å². The van der Waals surface area contributed by atoms with Crippen molar-refractivity contribution in [1.82, 2.24) is 4.98 Å². The van der Waals surface area contributed by atoms with E-state index in [0.717, 1.165) is 10.9 Å². The third-order valence-electron chi connectivity index (χ3n) is 3.49. The van der Waals surface area contributed by atoms with E-state index in [-0.39, 0.29) is 5.91 Å². The van der Waals surface area contributed by atoms with Crippen LogP contribution in [0.25, 0.3) is 10.9 Å². The fraction of sp³-hybridized carbons (Fsp3) is 0.111. The van der Waals surface area contributed by atoms with Gasteiger partial charge in [0.15, 0.2) is 0 Å². The van der Waals surface area contributed by atoms with E-state index in [1.54, 1.807) is 38.5 Å². The lowest BCUT2D eigenvalue weighted by molar-refractivity contribution is 0.102. The van der Waals surface area contributed by atoms with Gasteiger partial charge in [-0.3, -0.25) is 4.79 Å². The highest BCUT2D eigenvalue weighted by molar-refractivity contribution is 6.04. The molecule has 1 heterocycles. The maximum absolute atomic E-state index is 12.4. The normalized spacial score (nSPS) is 10.3. The summed E-state index contributed by atoms with van der Waals surface area (Å²) in [6.07, 6.45) is 0. The van der Waals surface area contributed by atoms with Gasteiger partial charge in [-0.25, -0.2) is 4.98 Å². The van der Waals surface area contributed by atoms with Crippen LogP contribution in [0, 0.1) is 0 Å². The average Bonchev–Trinajstić information content (AvgIpc) is 2.61. The molecule has 116 valence electrons. The van der Waals surface area contributed by atoms with Crippen LogP contribution < -0.4 is 14.8 Å². The van der Waals surface area contributed by atoms with Gasteiger partial charge in [-0.05, 0) is 24.3 Å². The van der Waals surface area contributed by atoms with Crippen molar-refractivity contribution in [2.75, 3.05) is 19.5 Å². The number of ether oxygens (including phenoxy) is 2. The minimum Gasteiger partial charge on any atom is -0.497 e. The zero-order valence-corrected chi connectivity index (χ0v) is 12.9. The average molecular weight is 308 g/mol. The molecule has 0 bridgehead atoms. The Balaban J connectivity index is 1.88. The Labute approximate surface area is 133 Å². The lowest BCUT2D eigenvalue weighted by Gasteiger charge is -2.11. The number of carbonyl (C=O) groups is 1. The SMILES string of the molecule is COc1ccc(NC(=O)c2ccc3ccccc3n2)c(OC)c1. The lowest BCUT2D eigenvalue weighted by atomic mass is 10.2. The Morgan fingerprint density at radius 2 is 1.83 bits per heavy atom. The van der Waals surface area contributed by atoms with Gasteiger partial charge in [-0.1, -0.05) is 24.3 Å². The first-order valence-electron chi connectivity index (χ1n) is 7.10. The second-order valence-corrected chi connectivity index (χ2v) is 4.91. The molecule has 0 saturated carbocycles.